The zero-order chi connectivity index (χ0) is 17.8. The first kappa shape index (κ1) is 15.8. The van der Waals surface area contributed by atoms with Gasteiger partial charge in [0.2, 0.25) is 5.91 Å². The van der Waals surface area contributed by atoms with Crippen LogP contribution in [-0.2, 0) is 19.1 Å². The molecule has 130 valence electrons. The van der Waals surface area contributed by atoms with E-state index < -0.39 is 35.5 Å². The normalized spacial score (nSPS) is 32.1. The highest BCUT2D eigenvalue weighted by molar-refractivity contribution is 6.02. The molecular formula is C18H16NO6-. The SMILES string of the molecule is CCOC(=O)c1ccc(N2C[C@@]34C=C[C@H](O3)[C@@H](C(=O)[O-])[C@H]4C2=O)cc1. The number of esters is 1. The Morgan fingerprint density at radius 2 is 2.08 bits per heavy atom. The molecule has 7 nitrogen and oxygen atoms in total. The van der Waals surface area contributed by atoms with Gasteiger partial charge in [0.25, 0.3) is 0 Å². The summed E-state index contributed by atoms with van der Waals surface area (Å²) in [7, 11) is 0. The van der Waals surface area contributed by atoms with E-state index in [1.54, 1.807) is 43.3 Å². The molecule has 3 heterocycles. The number of carbonyl (C=O) groups excluding carboxylic acids is 3. The number of fused-ring (bicyclic) bond motifs is 1. The molecule has 0 unspecified atom stereocenters. The lowest BCUT2D eigenvalue weighted by molar-refractivity contribution is -0.313. The largest absolute Gasteiger partial charge is 0.550 e. The number of hydrogen-bond donors (Lipinski definition) is 0. The zero-order valence-electron chi connectivity index (χ0n) is 13.5. The van der Waals surface area contributed by atoms with Gasteiger partial charge in [-0.2, -0.15) is 0 Å². The van der Waals surface area contributed by atoms with Crippen LogP contribution in [0.3, 0.4) is 0 Å². The third-order valence-corrected chi connectivity index (χ3v) is 5.06. The number of aliphatic carboxylic acids is 1. The van der Waals surface area contributed by atoms with Crippen molar-refractivity contribution in [3.63, 3.8) is 0 Å². The number of nitrogens with zero attached hydrogens (tertiary/aromatic N) is 1. The van der Waals surface area contributed by atoms with Crippen LogP contribution in [0.2, 0.25) is 0 Å². The molecule has 1 amide bonds. The van der Waals surface area contributed by atoms with Gasteiger partial charge in [0.1, 0.15) is 5.60 Å². The van der Waals surface area contributed by atoms with Crippen molar-refractivity contribution in [3.8, 4) is 0 Å². The maximum Gasteiger partial charge on any atom is 0.338 e. The van der Waals surface area contributed by atoms with E-state index in [0.29, 0.717) is 11.3 Å². The fraction of sp³-hybridized carbons (Fsp3) is 0.389. The Hall–Kier alpha value is -2.67. The average molecular weight is 342 g/mol. The summed E-state index contributed by atoms with van der Waals surface area (Å²) in [5, 5.41) is 11.5. The number of carbonyl (C=O) groups is 3. The van der Waals surface area contributed by atoms with Crippen molar-refractivity contribution < 1.29 is 29.0 Å². The molecule has 1 spiro atoms. The number of anilines is 1. The fourth-order valence-electron chi connectivity index (χ4n) is 3.98. The minimum absolute atomic E-state index is 0.242. The Bertz CT molecular complexity index is 785. The molecule has 3 aliphatic heterocycles. The molecule has 2 bridgehead atoms. The summed E-state index contributed by atoms with van der Waals surface area (Å²) < 4.78 is 10.7. The summed E-state index contributed by atoms with van der Waals surface area (Å²) in [6.07, 6.45) is 2.87. The van der Waals surface area contributed by atoms with Crippen molar-refractivity contribution in [1.29, 1.82) is 0 Å². The molecule has 1 aromatic carbocycles. The van der Waals surface area contributed by atoms with E-state index in [1.165, 1.54) is 4.90 Å². The lowest BCUT2D eigenvalue weighted by Crippen LogP contribution is -2.45. The van der Waals surface area contributed by atoms with Crippen LogP contribution in [0.1, 0.15) is 17.3 Å². The van der Waals surface area contributed by atoms with Gasteiger partial charge in [-0.05, 0) is 31.2 Å². The monoisotopic (exact) mass is 342 g/mol. The number of rotatable bonds is 4. The molecule has 0 aromatic heterocycles. The molecule has 0 aliphatic carbocycles. The maximum absolute atomic E-state index is 12.8. The van der Waals surface area contributed by atoms with Crippen molar-refractivity contribution >= 4 is 23.5 Å². The number of ether oxygens (including phenoxy) is 2. The van der Waals surface area contributed by atoms with Crippen LogP contribution >= 0.6 is 0 Å². The van der Waals surface area contributed by atoms with Gasteiger partial charge in [-0.25, -0.2) is 4.79 Å². The standard InChI is InChI=1S/C18H17NO6/c1-2-24-17(23)10-3-5-11(6-4-10)19-9-18-8-7-12(25-18)13(16(21)22)14(18)15(19)20/h3-8,12-14H,2,9H2,1H3,(H,21,22)/p-1/t12-,13+,14-,18+/m0/s1. The summed E-state index contributed by atoms with van der Waals surface area (Å²) in [6, 6.07) is 6.45. The van der Waals surface area contributed by atoms with Crippen molar-refractivity contribution in [2.75, 3.05) is 18.1 Å². The second kappa shape index (κ2) is 5.42. The minimum atomic E-state index is -1.27. The fourth-order valence-corrected chi connectivity index (χ4v) is 3.98. The summed E-state index contributed by atoms with van der Waals surface area (Å²) >= 11 is 0. The molecule has 1 aromatic rings. The van der Waals surface area contributed by atoms with Gasteiger partial charge in [0.05, 0.1) is 30.7 Å². The predicted molar refractivity (Wildman–Crippen MR) is 83.5 cm³/mol. The highest BCUT2D eigenvalue weighted by Gasteiger charge is 2.65. The number of benzene rings is 1. The molecule has 0 N–H and O–H groups in total. The summed E-state index contributed by atoms with van der Waals surface area (Å²) in [5.74, 6) is -3.75. The van der Waals surface area contributed by atoms with Crippen LogP contribution < -0.4 is 10.0 Å². The highest BCUT2D eigenvalue weighted by atomic mass is 16.5. The molecule has 7 heteroatoms. The van der Waals surface area contributed by atoms with Gasteiger partial charge in [-0.15, -0.1) is 0 Å². The minimum Gasteiger partial charge on any atom is -0.550 e. The van der Waals surface area contributed by atoms with Crippen LogP contribution in [-0.4, -0.2) is 42.7 Å². The molecule has 4 atom stereocenters. The average Bonchev–Trinajstić information content (AvgIpc) is 3.23. The second-order valence-corrected chi connectivity index (χ2v) is 6.41. The van der Waals surface area contributed by atoms with Crippen molar-refractivity contribution in [1.82, 2.24) is 0 Å². The van der Waals surface area contributed by atoms with E-state index in [4.69, 9.17) is 9.47 Å². The molecule has 3 aliphatic rings. The lowest BCUT2D eigenvalue weighted by atomic mass is 9.77. The number of hydrogen-bond acceptors (Lipinski definition) is 6. The molecule has 0 radical (unpaired) electrons. The number of carboxylic acids is 1. The van der Waals surface area contributed by atoms with Crippen molar-refractivity contribution in [2.24, 2.45) is 11.8 Å². The Morgan fingerprint density at radius 1 is 1.36 bits per heavy atom. The Kier molecular flexibility index (Phi) is 3.43. The molecule has 25 heavy (non-hydrogen) atoms. The first-order chi connectivity index (χ1) is 12.0. The van der Waals surface area contributed by atoms with E-state index in [1.807, 2.05) is 0 Å². The smallest absolute Gasteiger partial charge is 0.338 e. The van der Waals surface area contributed by atoms with Crippen LogP contribution in [0.25, 0.3) is 0 Å². The van der Waals surface area contributed by atoms with Gasteiger partial charge in [-0.1, -0.05) is 12.2 Å². The summed E-state index contributed by atoms with van der Waals surface area (Å²) in [5.41, 5.74) is 0.0615. The van der Waals surface area contributed by atoms with Gasteiger partial charge in [0.15, 0.2) is 0 Å². The van der Waals surface area contributed by atoms with Crippen LogP contribution in [0.5, 0.6) is 0 Å². The quantitative estimate of drug-likeness (QED) is 0.560. The lowest BCUT2D eigenvalue weighted by Gasteiger charge is -2.24. The van der Waals surface area contributed by atoms with Crippen molar-refractivity contribution in [2.45, 2.75) is 18.6 Å². The van der Waals surface area contributed by atoms with Gasteiger partial charge in [-0.3, -0.25) is 4.79 Å². The highest BCUT2D eigenvalue weighted by Crippen LogP contribution is 2.52. The number of amides is 1. The molecule has 4 rings (SSSR count). The Morgan fingerprint density at radius 3 is 2.72 bits per heavy atom. The molecule has 2 saturated heterocycles. The Labute approximate surface area is 143 Å². The summed E-state index contributed by atoms with van der Waals surface area (Å²) in [6.45, 7) is 2.25. The maximum atomic E-state index is 12.8. The summed E-state index contributed by atoms with van der Waals surface area (Å²) in [4.78, 5) is 37.5. The first-order valence-electron chi connectivity index (χ1n) is 8.13. The first-order valence-corrected chi connectivity index (χ1v) is 8.13. The van der Waals surface area contributed by atoms with Gasteiger partial charge < -0.3 is 24.3 Å². The third kappa shape index (κ3) is 2.19. The Balaban J connectivity index is 1.61. The molecular weight excluding hydrogens is 326 g/mol. The predicted octanol–water partition coefficient (Wildman–Crippen LogP) is -0.100. The van der Waals surface area contributed by atoms with E-state index >= 15 is 0 Å². The zero-order valence-corrected chi connectivity index (χ0v) is 13.5. The molecule has 0 saturated carbocycles. The van der Waals surface area contributed by atoms with Crippen LogP contribution in [0.15, 0.2) is 36.4 Å². The van der Waals surface area contributed by atoms with E-state index in [9.17, 15) is 19.5 Å². The third-order valence-electron chi connectivity index (χ3n) is 5.06. The van der Waals surface area contributed by atoms with Crippen LogP contribution in [0, 0.1) is 11.8 Å². The van der Waals surface area contributed by atoms with Gasteiger partial charge in [0, 0.05) is 17.6 Å². The number of carboxylic acid groups (broad SMARTS) is 1. The van der Waals surface area contributed by atoms with E-state index in [-0.39, 0.29) is 19.1 Å². The second-order valence-electron chi connectivity index (χ2n) is 6.41. The topological polar surface area (TPSA) is 96.0 Å². The van der Waals surface area contributed by atoms with Crippen LogP contribution in [0.4, 0.5) is 5.69 Å². The van der Waals surface area contributed by atoms with Gasteiger partial charge >= 0.3 is 5.97 Å². The van der Waals surface area contributed by atoms with E-state index in [2.05, 4.69) is 0 Å². The van der Waals surface area contributed by atoms with E-state index in [0.717, 1.165) is 0 Å². The van der Waals surface area contributed by atoms with Crippen molar-refractivity contribution in [3.05, 3.63) is 42.0 Å². The molecule has 2 fully saturated rings.